The standard InChI is InChI=1S/C20H20ClF3N4O2S/c1-27(2)19(5-7-31-11-19)10-25-18(29)15-16(21)28-9-12(14-4-3-6-30-14)8-13(17(28)26-15)20(22,23)24/h3-4,6,8-9H,5,7,10-11H2,1-2H3,(H,25,29). The van der Waals surface area contributed by atoms with Crippen LogP contribution in [0, 0.1) is 0 Å². The molecule has 1 aliphatic heterocycles. The van der Waals surface area contributed by atoms with Crippen LogP contribution in [0.1, 0.15) is 22.5 Å². The van der Waals surface area contributed by atoms with Crippen LogP contribution in [0.5, 0.6) is 0 Å². The molecule has 3 aromatic rings. The third-order valence-electron chi connectivity index (χ3n) is 5.60. The SMILES string of the molecule is CN(C)C1(CNC(=O)c2nc3c(C(F)(F)F)cc(-c4ccco4)cn3c2Cl)CCSC1. The molecule has 1 atom stereocenters. The summed E-state index contributed by atoms with van der Waals surface area (Å²) >= 11 is 8.12. The number of nitrogens with one attached hydrogen (secondary N) is 1. The number of rotatable bonds is 5. The van der Waals surface area contributed by atoms with Crippen molar-refractivity contribution < 1.29 is 22.4 Å². The summed E-state index contributed by atoms with van der Waals surface area (Å²) in [5, 5.41) is 2.62. The number of carbonyl (C=O) groups excluding carboxylic acids is 1. The Morgan fingerprint density at radius 3 is 2.81 bits per heavy atom. The molecule has 4 rings (SSSR count). The highest BCUT2D eigenvalue weighted by molar-refractivity contribution is 7.99. The van der Waals surface area contributed by atoms with Crippen molar-refractivity contribution in [2.24, 2.45) is 0 Å². The Balaban J connectivity index is 1.72. The molecule has 31 heavy (non-hydrogen) atoms. The molecule has 0 aliphatic carbocycles. The van der Waals surface area contributed by atoms with E-state index >= 15 is 0 Å². The number of amides is 1. The molecule has 1 fully saturated rings. The topological polar surface area (TPSA) is 62.8 Å². The maximum absolute atomic E-state index is 13.7. The van der Waals surface area contributed by atoms with Gasteiger partial charge in [0.15, 0.2) is 11.3 Å². The predicted molar refractivity (Wildman–Crippen MR) is 114 cm³/mol. The molecule has 0 spiro atoms. The van der Waals surface area contributed by atoms with Crippen LogP contribution in [-0.4, -0.2) is 57.9 Å². The number of aromatic nitrogens is 2. The number of furan rings is 1. The fraction of sp³-hybridized carbons (Fsp3) is 0.400. The van der Waals surface area contributed by atoms with Crippen molar-refractivity contribution in [1.29, 1.82) is 0 Å². The molecule has 4 heterocycles. The molecule has 0 bridgehead atoms. The van der Waals surface area contributed by atoms with Crippen molar-refractivity contribution in [1.82, 2.24) is 19.6 Å². The van der Waals surface area contributed by atoms with Gasteiger partial charge in [0.25, 0.3) is 5.91 Å². The lowest BCUT2D eigenvalue weighted by molar-refractivity contribution is -0.136. The average molecular weight is 473 g/mol. The number of carbonyl (C=O) groups is 1. The van der Waals surface area contributed by atoms with E-state index < -0.39 is 23.3 Å². The molecule has 1 unspecified atom stereocenters. The summed E-state index contributed by atoms with van der Waals surface area (Å²) in [6, 6.07) is 4.05. The number of hydrogen-bond acceptors (Lipinski definition) is 5. The average Bonchev–Trinajstić information content (AvgIpc) is 3.46. The second kappa shape index (κ2) is 8.07. The van der Waals surface area contributed by atoms with Crippen LogP contribution in [0.4, 0.5) is 13.2 Å². The quantitative estimate of drug-likeness (QED) is 0.595. The lowest BCUT2D eigenvalue weighted by Crippen LogP contribution is -2.53. The first-order valence-electron chi connectivity index (χ1n) is 9.48. The van der Waals surface area contributed by atoms with Crippen LogP contribution in [0.25, 0.3) is 17.0 Å². The largest absolute Gasteiger partial charge is 0.464 e. The van der Waals surface area contributed by atoms with E-state index in [9.17, 15) is 18.0 Å². The summed E-state index contributed by atoms with van der Waals surface area (Å²) in [4.78, 5) is 18.9. The molecule has 1 saturated heterocycles. The number of thioether (sulfide) groups is 1. The zero-order valence-corrected chi connectivity index (χ0v) is 18.4. The van der Waals surface area contributed by atoms with Crippen LogP contribution in [0.15, 0.2) is 35.1 Å². The van der Waals surface area contributed by atoms with Gasteiger partial charge in [-0.25, -0.2) is 4.98 Å². The third kappa shape index (κ3) is 4.04. The molecule has 11 heteroatoms. The van der Waals surface area contributed by atoms with Gasteiger partial charge in [0.1, 0.15) is 10.9 Å². The zero-order chi connectivity index (χ0) is 22.4. The van der Waals surface area contributed by atoms with E-state index in [1.807, 2.05) is 14.1 Å². The lowest BCUT2D eigenvalue weighted by Gasteiger charge is -2.35. The Hall–Kier alpha value is -2.17. The smallest absolute Gasteiger partial charge is 0.420 e. The maximum Gasteiger partial charge on any atom is 0.420 e. The number of fused-ring (bicyclic) bond motifs is 1. The molecule has 1 amide bonds. The van der Waals surface area contributed by atoms with Gasteiger partial charge < -0.3 is 14.6 Å². The van der Waals surface area contributed by atoms with E-state index in [-0.39, 0.29) is 27.7 Å². The van der Waals surface area contributed by atoms with Crippen LogP contribution < -0.4 is 5.32 Å². The molecule has 0 saturated carbocycles. The van der Waals surface area contributed by atoms with E-state index in [0.29, 0.717) is 6.54 Å². The van der Waals surface area contributed by atoms with E-state index in [2.05, 4.69) is 15.2 Å². The van der Waals surface area contributed by atoms with Crippen molar-refractivity contribution in [3.05, 3.63) is 47.1 Å². The van der Waals surface area contributed by atoms with Gasteiger partial charge in [0.2, 0.25) is 0 Å². The molecule has 1 aliphatic rings. The maximum atomic E-state index is 13.7. The Morgan fingerprint density at radius 2 is 2.23 bits per heavy atom. The highest BCUT2D eigenvalue weighted by atomic mass is 35.5. The van der Waals surface area contributed by atoms with Crippen molar-refractivity contribution in [2.45, 2.75) is 18.1 Å². The first-order valence-corrected chi connectivity index (χ1v) is 11.0. The number of alkyl halides is 3. The molecule has 0 radical (unpaired) electrons. The van der Waals surface area contributed by atoms with Crippen molar-refractivity contribution >= 4 is 34.9 Å². The van der Waals surface area contributed by atoms with E-state index in [4.69, 9.17) is 16.0 Å². The number of hydrogen-bond donors (Lipinski definition) is 1. The van der Waals surface area contributed by atoms with E-state index in [1.54, 1.807) is 23.9 Å². The second-order valence-corrected chi connectivity index (χ2v) is 9.13. The highest BCUT2D eigenvalue weighted by Gasteiger charge is 2.38. The number of pyridine rings is 1. The van der Waals surface area contributed by atoms with Gasteiger partial charge in [-0.05, 0) is 44.5 Å². The van der Waals surface area contributed by atoms with Crippen LogP contribution in [0.2, 0.25) is 5.15 Å². The van der Waals surface area contributed by atoms with Gasteiger partial charge in [-0.3, -0.25) is 9.20 Å². The van der Waals surface area contributed by atoms with Crippen LogP contribution in [0.3, 0.4) is 0 Å². The first kappa shape index (κ1) is 22.0. The first-order chi connectivity index (χ1) is 14.6. The number of imidazole rings is 1. The Labute approximate surface area is 185 Å². The minimum absolute atomic E-state index is 0.172. The highest BCUT2D eigenvalue weighted by Crippen LogP contribution is 2.37. The summed E-state index contributed by atoms with van der Waals surface area (Å²) < 4.78 is 47.5. The van der Waals surface area contributed by atoms with Crippen molar-refractivity contribution in [2.75, 3.05) is 32.1 Å². The summed E-state index contributed by atoms with van der Waals surface area (Å²) in [6.45, 7) is 0.347. The normalized spacial score (nSPS) is 19.5. The van der Waals surface area contributed by atoms with Gasteiger partial charge in [0.05, 0.1) is 11.8 Å². The van der Waals surface area contributed by atoms with E-state index in [0.717, 1.165) is 28.4 Å². The third-order valence-corrected chi connectivity index (χ3v) is 7.19. The van der Waals surface area contributed by atoms with Gasteiger partial charge in [0, 0.05) is 29.6 Å². The molecular weight excluding hydrogens is 453 g/mol. The fourth-order valence-corrected chi connectivity index (χ4v) is 5.43. The summed E-state index contributed by atoms with van der Waals surface area (Å²) in [7, 11) is 3.89. The monoisotopic (exact) mass is 472 g/mol. The fourth-order valence-electron chi connectivity index (χ4n) is 3.62. The van der Waals surface area contributed by atoms with Crippen LogP contribution in [-0.2, 0) is 6.18 Å². The van der Waals surface area contributed by atoms with Gasteiger partial charge in [-0.15, -0.1) is 0 Å². The van der Waals surface area contributed by atoms with Crippen LogP contribution >= 0.6 is 23.4 Å². The molecular formula is C20H20ClF3N4O2S. The molecule has 6 nitrogen and oxygen atoms in total. The van der Waals surface area contributed by atoms with Gasteiger partial charge in [-0.2, -0.15) is 24.9 Å². The minimum atomic E-state index is -4.69. The summed E-state index contributed by atoms with van der Waals surface area (Å²) in [6.07, 6.45) is -1.05. The van der Waals surface area contributed by atoms with Crippen molar-refractivity contribution in [3.8, 4) is 11.3 Å². The number of nitrogens with zero attached hydrogens (tertiary/aromatic N) is 3. The Bertz CT molecular complexity index is 1110. The van der Waals surface area contributed by atoms with Gasteiger partial charge >= 0.3 is 6.18 Å². The lowest BCUT2D eigenvalue weighted by atomic mass is 9.97. The van der Waals surface area contributed by atoms with E-state index in [1.165, 1.54) is 12.5 Å². The Morgan fingerprint density at radius 1 is 1.45 bits per heavy atom. The zero-order valence-electron chi connectivity index (χ0n) is 16.8. The summed E-state index contributed by atoms with van der Waals surface area (Å²) in [5.41, 5.74) is -1.72. The molecule has 166 valence electrons. The summed E-state index contributed by atoms with van der Waals surface area (Å²) in [5.74, 6) is 1.46. The van der Waals surface area contributed by atoms with Gasteiger partial charge in [-0.1, -0.05) is 11.6 Å². The molecule has 0 aromatic carbocycles. The number of halogens is 4. The number of likely N-dealkylation sites (N-methyl/N-ethyl adjacent to an activating group) is 1. The Kier molecular flexibility index (Phi) is 5.74. The molecule has 1 N–H and O–H groups in total. The predicted octanol–water partition coefficient (Wildman–Crippen LogP) is 4.43. The minimum Gasteiger partial charge on any atom is -0.464 e. The van der Waals surface area contributed by atoms with Crippen molar-refractivity contribution in [3.63, 3.8) is 0 Å². The molecule has 3 aromatic heterocycles. The second-order valence-electron chi connectivity index (χ2n) is 7.67.